The van der Waals surface area contributed by atoms with E-state index in [2.05, 4.69) is 66.7 Å². The molecule has 2 N–H and O–H groups in total. The summed E-state index contributed by atoms with van der Waals surface area (Å²) in [5.74, 6) is 0.169. The van der Waals surface area contributed by atoms with Gasteiger partial charge in [0, 0.05) is 36.0 Å². The van der Waals surface area contributed by atoms with Crippen LogP contribution in [0.4, 0.5) is 0 Å². The summed E-state index contributed by atoms with van der Waals surface area (Å²) >= 11 is 0. The summed E-state index contributed by atoms with van der Waals surface area (Å²) in [5, 5.41) is 4.25. The molecule has 130 valence electrons. The van der Waals surface area contributed by atoms with Crippen LogP contribution in [0.3, 0.4) is 0 Å². The number of carbonyl (C=O) groups is 1. The number of carbonyl (C=O) groups excluding carboxylic acids is 1. The van der Waals surface area contributed by atoms with Gasteiger partial charge in [0.25, 0.3) is 0 Å². The Labute approximate surface area is 149 Å². The third kappa shape index (κ3) is 4.11. The lowest BCUT2D eigenvalue weighted by atomic mass is 9.87. The van der Waals surface area contributed by atoms with Gasteiger partial charge in [-0.2, -0.15) is 0 Å². The maximum absolute atomic E-state index is 12.5. The van der Waals surface area contributed by atoms with Crippen molar-refractivity contribution in [2.24, 2.45) is 0 Å². The zero-order valence-corrected chi connectivity index (χ0v) is 15.0. The second kappa shape index (κ2) is 8.02. The Bertz CT molecular complexity index is 833. The number of fused-ring (bicyclic) bond motifs is 1. The lowest BCUT2D eigenvalue weighted by Gasteiger charge is -2.17. The molecular weight excluding hydrogens is 308 g/mol. The largest absolute Gasteiger partial charge is 0.361 e. The van der Waals surface area contributed by atoms with Gasteiger partial charge in [-0.15, -0.1) is 0 Å². The standard InChI is InChI=1S/C22H26N2O/c1-3-4-13-23-22(25)14-19(17-11-9-16(2)10-12-17)20-15-24-21-8-6-5-7-18(20)21/h5-12,15,19,24H,3-4,13-14H2,1-2H3,(H,23,25). The fourth-order valence-corrected chi connectivity index (χ4v) is 3.25. The zero-order valence-electron chi connectivity index (χ0n) is 15.0. The summed E-state index contributed by atoms with van der Waals surface area (Å²) in [5.41, 5.74) is 4.71. The Balaban J connectivity index is 1.91. The molecule has 0 spiro atoms. The Morgan fingerprint density at radius 3 is 2.64 bits per heavy atom. The first-order chi connectivity index (χ1) is 12.2. The Morgan fingerprint density at radius 1 is 1.12 bits per heavy atom. The lowest BCUT2D eigenvalue weighted by molar-refractivity contribution is -0.121. The van der Waals surface area contributed by atoms with Gasteiger partial charge < -0.3 is 10.3 Å². The highest BCUT2D eigenvalue weighted by Gasteiger charge is 2.21. The maximum atomic E-state index is 12.5. The van der Waals surface area contributed by atoms with Crippen LogP contribution in [0.1, 0.15) is 48.8 Å². The van der Waals surface area contributed by atoms with Crippen LogP contribution in [0, 0.1) is 6.92 Å². The monoisotopic (exact) mass is 334 g/mol. The highest BCUT2D eigenvalue weighted by molar-refractivity contribution is 5.86. The van der Waals surface area contributed by atoms with Crippen molar-refractivity contribution in [1.29, 1.82) is 0 Å². The Morgan fingerprint density at radius 2 is 1.88 bits per heavy atom. The molecule has 25 heavy (non-hydrogen) atoms. The number of benzene rings is 2. The molecule has 0 aliphatic carbocycles. The number of H-pyrrole nitrogens is 1. The second-order valence-corrected chi connectivity index (χ2v) is 6.66. The smallest absolute Gasteiger partial charge is 0.220 e. The molecule has 0 radical (unpaired) electrons. The fourth-order valence-electron chi connectivity index (χ4n) is 3.25. The van der Waals surface area contributed by atoms with Crippen molar-refractivity contribution in [1.82, 2.24) is 10.3 Å². The van der Waals surface area contributed by atoms with Crippen LogP contribution in [0.2, 0.25) is 0 Å². The molecule has 0 saturated carbocycles. The van der Waals surface area contributed by atoms with Crippen molar-refractivity contribution < 1.29 is 4.79 Å². The van der Waals surface area contributed by atoms with Gasteiger partial charge in [-0.3, -0.25) is 4.79 Å². The Hall–Kier alpha value is -2.55. The highest BCUT2D eigenvalue weighted by Crippen LogP contribution is 2.33. The minimum atomic E-state index is 0.0541. The van der Waals surface area contributed by atoms with Crippen molar-refractivity contribution in [3.8, 4) is 0 Å². The predicted molar refractivity (Wildman–Crippen MR) is 104 cm³/mol. The molecule has 1 atom stereocenters. The van der Waals surface area contributed by atoms with Gasteiger partial charge >= 0.3 is 0 Å². The third-order valence-electron chi connectivity index (χ3n) is 4.72. The topological polar surface area (TPSA) is 44.9 Å². The first-order valence-electron chi connectivity index (χ1n) is 9.08. The molecule has 1 heterocycles. The normalized spacial score (nSPS) is 12.2. The molecule has 1 aromatic heterocycles. The summed E-state index contributed by atoms with van der Waals surface area (Å²) in [4.78, 5) is 15.8. The first kappa shape index (κ1) is 17.3. The lowest BCUT2D eigenvalue weighted by Crippen LogP contribution is -2.26. The Kier molecular flexibility index (Phi) is 5.54. The van der Waals surface area contributed by atoms with E-state index in [0.717, 1.165) is 24.9 Å². The quantitative estimate of drug-likeness (QED) is 0.592. The van der Waals surface area contributed by atoms with Gasteiger partial charge in [-0.1, -0.05) is 61.4 Å². The van der Waals surface area contributed by atoms with Gasteiger partial charge in [-0.05, 0) is 30.5 Å². The van der Waals surface area contributed by atoms with E-state index in [1.54, 1.807) is 0 Å². The minimum Gasteiger partial charge on any atom is -0.361 e. The van der Waals surface area contributed by atoms with Crippen molar-refractivity contribution in [3.63, 3.8) is 0 Å². The van der Waals surface area contributed by atoms with Gasteiger partial charge in [0.1, 0.15) is 0 Å². The van der Waals surface area contributed by atoms with E-state index in [0.29, 0.717) is 6.42 Å². The minimum absolute atomic E-state index is 0.0541. The molecule has 1 amide bonds. The van der Waals surface area contributed by atoms with E-state index in [1.807, 2.05) is 12.1 Å². The average molecular weight is 334 g/mol. The van der Waals surface area contributed by atoms with E-state index >= 15 is 0 Å². The number of unbranched alkanes of at least 4 members (excludes halogenated alkanes) is 1. The van der Waals surface area contributed by atoms with Crippen LogP contribution in [-0.2, 0) is 4.79 Å². The van der Waals surface area contributed by atoms with Crippen LogP contribution in [0.5, 0.6) is 0 Å². The number of rotatable bonds is 7. The van der Waals surface area contributed by atoms with E-state index < -0.39 is 0 Å². The maximum Gasteiger partial charge on any atom is 0.220 e. The van der Waals surface area contributed by atoms with E-state index in [-0.39, 0.29) is 11.8 Å². The molecule has 3 heteroatoms. The van der Waals surface area contributed by atoms with Crippen LogP contribution < -0.4 is 5.32 Å². The molecule has 0 bridgehead atoms. The molecule has 0 aliphatic rings. The number of nitrogens with one attached hydrogen (secondary N) is 2. The van der Waals surface area contributed by atoms with Crippen LogP contribution in [-0.4, -0.2) is 17.4 Å². The molecule has 0 fully saturated rings. The molecule has 0 aliphatic heterocycles. The number of aromatic amines is 1. The molecule has 3 aromatic rings. The molecule has 1 unspecified atom stereocenters. The summed E-state index contributed by atoms with van der Waals surface area (Å²) < 4.78 is 0. The molecule has 3 rings (SSSR count). The van der Waals surface area contributed by atoms with Crippen LogP contribution in [0.15, 0.2) is 54.7 Å². The van der Waals surface area contributed by atoms with Crippen molar-refractivity contribution >= 4 is 16.8 Å². The van der Waals surface area contributed by atoms with Gasteiger partial charge in [0.15, 0.2) is 0 Å². The molecular formula is C22H26N2O. The van der Waals surface area contributed by atoms with Crippen molar-refractivity contribution in [3.05, 3.63) is 71.4 Å². The molecule has 0 saturated heterocycles. The molecule has 2 aromatic carbocycles. The van der Waals surface area contributed by atoms with Gasteiger partial charge in [0.05, 0.1) is 0 Å². The van der Waals surface area contributed by atoms with Gasteiger partial charge in [-0.25, -0.2) is 0 Å². The van der Waals surface area contributed by atoms with Crippen molar-refractivity contribution in [2.45, 2.75) is 39.0 Å². The fraction of sp³-hybridized carbons (Fsp3) is 0.318. The van der Waals surface area contributed by atoms with E-state index in [9.17, 15) is 4.79 Å². The number of hydrogen-bond donors (Lipinski definition) is 2. The second-order valence-electron chi connectivity index (χ2n) is 6.66. The summed E-state index contributed by atoms with van der Waals surface area (Å²) in [6.45, 7) is 4.97. The van der Waals surface area contributed by atoms with Crippen LogP contribution >= 0.6 is 0 Å². The number of aromatic nitrogens is 1. The third-order valence-corrected chi connectivity index (χ3v) is 4.72. The van der Waals surface area contributed by atoms with Crippen molar-refractivity contribution in [2.75, 3.05) is 6.54 Å². The SMILES string of the molecule is CCCCNC(=O)CC(c1ccc(C)cc1)c1c[nH]c2ccccc12. The molecule has 3 nitrogen and oxygen atoms in total. The summed E-state index contributed by atoms with van der Waals surface area (Å²) in [6.07, 6.45) is 4.63. The number of para-hydroxylation sites is 1. The van der Waals surface area contributed by atoms with E-state index in [1.165, 1.54) is 22.1 Å². The first-order valence-corrected chi connectivity index (χ1v) is 9.08. The average Bonchev–Trinajstić information content (AvgIpc) is 3.05. The predicted octanol–water partition coefficient (Wildman–Crippen LogP) is 4.91. The number of hydrogen-bond acceptors (Lipinski definition) is 1. The number of aryl methyl sites for hydroxylation is 1. The number of amides is 1. The van der Waals surface area contributed by atoms with E-state index in [4.69, 9.17) is 0 Å². The highest BCUT2D eigenvalue weighted by atomic mass is 16.1. The van der Waals surface area contributed by atoms with Gasteiger partial charge in [0.2, 0.25) is 5.91 Å². The van der Waals surface area contributed by atoms with Crippen LogP contribution in [0.25, 0.3) is 10.9 Å². The zero-order chi connectivity index (χ0) is 17.6. The summed E-state index contributed by atoms with van der Waals surface area (Å²) in [7, 11) is 0. The summed E-state index contributed by atoms with van der Waals surface area (Å²) in [6, 6.07) is 16.8.